The van der Waals surface area contributed by atoms with Gasteiger partial charge in [0.25, 0.3) is 10.1 Å². The second-order valence-electron chi connectivity index (χ2n) is 3.49. The van der Waals surface area contributed by atoms with E-state index in [1.807, 2.05) is 6.92 Å². The summed E-state index contributed by atoms with van der Waals surface area (Å²) in [6, 6.07) is 6.25. The average molecular weight is 245 g/mol. The van der Waals surface area contributed by atoms with Crippen molar-refractivity contribution >= 4 is 10.1 Å². The molecular formula is C11H16O4S. The molecule has 0 aliphatic rings. The summed E-state index contributed by atoms with van der Waals surface area (Å²) in [7, 11) is -2.54. The van der Waals surface area contributed by atoms with Crippen LogP contribution in [0.4, 0.5) is 0 Å². The molecule has 16 heavy (non-hydrogen) atoms. The van der Waals surface area contributed by atoms with E-state index < -0.39 is 16.2 Å². The molecule has 0 aliphatic carbocycles. The number of hydrogen-bond acceptors (Lipinski definition) is 4. The number of ether oxygens (including phenoxy) is 1. The molecule has 1 aromatic rings. The molecule has 0 aromatic heterocycles. The standard InChI is InChI=1S/C11H16O4S/c1-9-4-6-11(7-5-9)16(12,13)15-10(2)8-14-3/h4-7,10H,8H2,1-3H3/i10D. The Kier molecular flexibility index (Phi) is 3.93. The summed E-state index contributed by atoms with van der Waals surface area (Å²) >= 11 is 0. The Morgan fingerprint density at radius 1 is 1.38 bits per heavy atom. The van der Waals surface area contributed by atoms with Crippen molar-refractivity contribution in [1.82, 2.24) is 0 Å². The summed E-state index contributed by atoms with van der Waals surface area (Å²) in [6.07, 6.45) is -1.63. The van der Waals surface area contributed by atoms with Gasteiger partial charge in [-0.3, -0.25) is 4.18 Å². The van der Waals surface area contributed by atoms with E-state index in [9.17, 15) is 8.42 Å². The molecule has 0 spiro atoms. The highest BCUT2D eigenvalue weighted by atomic mass is 32.2. The number of aryl methyl sites for hydroxylation is 1. The maximum Gasteiger partial charge on any atom is 0.297 e. The first-order valence-electron chi connectivity index (χ1n) is 5.28. The lowest BCUT2D eigenvalue weighted by atomic mass is 10.2. The summed E-state index contributed by atoms with van der Waals surface area (Å²) in [5.41, 5.74) is 0.953. The van der Waals surface area contributed by atoms with Gasteiger partial charge in [0.15, 0.2) is 0 Å². The van der Waals surface area contributed by atoms with Crippen molar-refractivity contribution in [3.05, 3.63) is 29.8 Å². The molecule has 0 amide bonds. The van der Waals surface area contributed by atoms with E-state index in [4.69, 9.17) is 10.3 Å². The van der Waals surface area contributed by atoms with Gasteiger partial charge in [-0.2, -0.15) is 8.42 Å². The summed E-state index contributed by atoms with van der Waals surface area (Å²) in [6.45, 7) is 3.07. The minimum atomic E-state index is -3.92. The van der Waals surface area contributed by atoms with Crippen LogP contribution in [0, 0.1) is 6.92 Å². The molecule has 0 saturated heterocycles. The summed E-state index contributed by atoms with van der Waals surface area (Å²) in [5, 5.41) is 0. The summed E-state index contributed by atoms with van der Waals surface area (Å²) < 4.78 is 40.9. The second-order valence-corrected chi connectivity index (χ2v) is 5.03. The van der Waals surface area contributed by atoms with E-state index in [1.165, 1.54) is 26.2 Å². The Hall–Kier alpha value is -0.910. The summed E-state index contributed by atoms with van der Waals surface area (Å²) in [4.78, 5) is 0.0395. The van der Waals surface area contributed by atoms with Gasteiger partial charge in [0, 0.05) is 7.11 Å². The van der Waals surface area contributed by atoms with E-state index >= 15 is 0 Å². The number of rotatable bonds is 5. The van der Waals surface area contributed by atoms with Crippen molar-refractivity contribution in [3.8, 4) is 0 Å². The third-order valence-corrected chi connectivity index (χ3v) is 3.26. The van der Waals surface area contributed by atoms with Crippen molar-refractivity contribution < 1.29 is 18.7 Å². The SMILES string of the molecule is [2H]C(C)(COC)OS(=O)(=O)c1ccc(C)cc1. The third kappa shape index (κ3) is 3.59. The number of hydrogen-bond donors (Lipinski definition) is 0. The normalized spacial score (nSPS) is 16.6. The molecule has 4 nitrogen and oxygen atoms in total. The van der Waals surface area contributed by atoms with Gasteiger partial charge in [-0.1, -0.05) is 17.7 Å². The molecule has 1 aromatic carbocycles. The van der Waals surface area contributed by atoms with E-state index in [0.29, 0.717) is 0 Å². The molecule has 1 unspecified atom stereocenters. The maximum atomic E-state index is 11.8. The van der Waals surface area contributed by atoms with Gasteiger partial charge >= 0.3 is 0 Å². The van der Waals surface area contributed by atoms with Crippen LogP contribution in [0.1, 0.15) is 13.9 Å². The quantitative estimate of drug-likeness (QED) is 0.741. The highest BCUT2D eigenvalue weighted by molar-refractivity contribution is 7.86. The smallest absolute Gasteiger partial charge is 0.297 e. The summed E-state index contributed by atoms with van der Waals surface area (Å²) in [5.74, 6) is 0. The zero-order valence-corrected chi connectivity index (χ0v) is 10.4. The van der Waals surface area contributed by atoms with E-state index in [0.717, 1.165) is 5.56 Å². The Morgan fingerprint density at radius 2 is 1.94 bits per heavy atom. The zero-order chi connectivity index (χ0) is 13.1. The Morgan fingerprint density at radius 3 is 2.44 bits per heavy atom. The fraction of sp³-hybridized carbons (Fsp3) is 0.455. The van der Waals surface area contributed by atoms with Crippen molar-refractivity contribution in [2.24, 2.45) is 0 Å². The second kappa shape index (κ2) is 5.43. The predicted octanol–water partition coefficient (Wildman–Crippen LogP) is 1.74. The van der Waals surface area contributed by atoms with Gasteiger partial charge in [-0.05, 0) is 26.0 Å². The first-order chi connectivity index (χ1) is 7.77. The van der Waals surface area contributed by atoms with E-state index in [1.54, 1.807) is 12.1 Å². The highest BCUT2D eigenvalue weighted by Crippen LogP contribution is 2.14. The van der Waals surface area contributed by atoms with Gasteiger partial charge in [0.2, 0.25) is 0 Å². The van der Waals surface area contributed by atoms with Crippen molar-refractivity contribution in [2.45, 2.75) is 24.8 Å². The zero-order valence-electron chi connectivity index (χ0n) is 10.6. The molecule has 1 atom stereocenters. The Labute approximate surface area is 97.7 Å². The first kappa shape index (κ1) is 11.6. The minimum absolute atomic E-state index is 0.0395. The molecule has 0 saturated carbocycles. The van der Waals surface area contributed by atoms with E-state index in [2.05, 4.69) is 0 Å². The molecule has 0 radical (unpaired) electrons. The van der Waals surface area contributed by atoms with Crippen LogP contribution in [-0.2, 0) is 19.0 Å². The van der Waals surface area contributed by atoms with Crippen molar-refractivity contribution in [2.75, 3.05) is 13.7 Å². The van der Waals surface area contributed by atoms with Gasteiger partial charge in [-0.25, -0.2) is 0 Å². The van der Waals surface area contributed by atoms with Crippen molar-refractivity contribution in [3.63, 3.8) is 0 Å². The number of benzene rings is 1. The van der Waals surface area contributed by atoms with Gasteiger partial charge < -0.3 is 4.74 Å². The monoisotopic (exact) mass is 245 g/mol. The topological polar surface area (TPSA) is 52.6 Å². The highest BCUT2D eigenvalue weighted by Gasteiger charge is 2.18. The Balaban J connectivity index is 2.93. The average Bonchev–Trinajstić information content (AvgIpc) is 2.16. The molecule has 0 N–H and O–H groups in total. The largest absolute Gasteiger partial charge is 0.382 e. The first-order valence-corrected chi connectivity index (χ1v) is 6.19. The fourth-order valence-electron chi connectivity index (χ4n) is 1.17. The molecule has 0 aliphatic heterocycles. The van der Waals surface area contributed by atoms with Crippen LogP contribution in [-0.4, -0.2) is 28.2 Å². The number of methoxy groups -OCH3 is 1. The molecule has 0 fully saturated rings. The van der Waals surface area contributed by atoms with Gasteiger partial charge in [0.1, 0.15) is 0 Å². The van der Waals surface area contributed by atoms with Crippen LogP contribution < -0.4 is 0 Å². The maximum absolute atomic E-state index is 11.8. The molecule has 0 heterocycles. The minimum Gasteiger partial charge on any atom is -0.382 e. The Bertz CT molecular complexity index is 465. The molecule has 5 heteroatoms. The van der Waals surface area contributed by atoms with Gasteiger partial charge in [-0.15, -0.1) is 0 Å². The predicted molar refractivity (Wildman–Crippen MR) is 60.8 cm³/mol. The van der Waals surface area contributed by atoms with Gasteiger partial charge in [0.05, 0.1) is 19.0 Å². The molecular weight excluding hydrogens is 228 g/mol. The molecule has 0 bridgehead atoms. The van der Waals surface area contributed by atoms with Crippen LogP contribution in [0.3, 0.4) is 0 Å². The van der Waals surface area contributed by atoms with E-state index in [-0.39, 0.29) is 11.5 Å². The van der Waals surface area contributed by atoms with Crippen LogP contribution in [0.15, 0.2) is 29.2 Å². The van der Waals surface area contributed by atoms with Crippen LogP contribution in [0.5, 0.6) is 0 Å². The third-order valence-electron chi connectivity index (χ3n) is 1.91. The lowest BCUT2D eigenvalue weighted by Crippen LogP contribution is -2.19. The lowest BCUT2D eigenvalue weighted by Gasteiger charge is -2.11. The van der Waals surface area contributed by atoms with Crippen molar-refractivity contribution in [1.29, 1.82) is 0 Å². The fourth-order valence-corrected chi connectivity index (χ4v) is 2.16. The van der Waals surface area contributed by atoms with Crippen LogP contribution >= 0.6 is 0 Å². The van der Waals surface area contributed by atoms with Crippen LogP contribution in [0.2, 0.25) is 0 Å². The molecule has 90 valence electrons. The lowest BCUT2D eigenvalue weighted by molar-refractivity contribution is 0.0962. The molecule has 1 rings (SSSR count). The van der Waals surface area contributed by atoms with Crippen LogP contribution in [0.25, 0.3) is 0 Å².